The number of halogens is 2. The van der Waals surface area contributed by atoms with Gasteiger partial charge in [-0.2, -0.15) is 5.10 Å². The minimum Gasteiger partial charge on any atom is -0.438 e. The summed E-state index contributed by atoms with van der Waals surface area (Å²) >= 11 is 6.18. The van der Waals surface area contributed by atoms with Gasteiger partial charge in [0.25, 0.3) is 0 Å². The van der Waals surface area contributed by atoms with Gasteiger partial charge in [-0.05, 0) is 18.6 Å². The van der Waals surface area contributed by atoms with Crippen LogP contribution in [0.2, 0.25) is 5.02 Å². The Morgan fingerprint density at radius 2 is 2.14 bits per heavy atom. The lowest BCUT2D eigenvalue weighted by molar-refractivity contribution is 0.193. The van der Waals surface area contributed by atoms with Crippen LogP contribution < -0.4 is 10.5 Å². The van der Waals surface area contributed by atoms with Crippen LogP contribution in [-0.2, 0) is 11.8 Å². The van der Waals surface area contributed by atoms with Crippen molar-refractivity contribution < 1.29 is 13.9 Å². The summed E-state index contributed by atoms with van der Waals surface area (Å²) in [5.41, 5.74) is 7.26. The van der Waals surface area contributed by atoms with Gasteiger partial charge in [0.1, 0.15) is 11.9 Å². The van der Waals surface area contributed by atoms with Gasteiger partial charge in [0.2, 0.25) is 5.88 Å². The van der Waals surface area contributed by atoms with Gasteiger partial charge >= 0.3 is 0 Å². The van der Waals surface area contributed by atoms with Crippen molar-refractivity contribution in [2.24, 2.45) is 12.8 Å². The smallest absolute Gasteiger partial charge is 0.217 e. The summed E-state index contributed by atoms with van der Waals surface area (Å²) < 4.78 is 27.0. The minimum atomic E-state index is -1.29. The second kappa shape index (κ2) is 8.44. The van der Waals surface area contributed by atoms with Crippen LogP contribution in [0.25, 0.3) is 11.4 Å². The number of nitrogens with two attached hydrogens (primary N) is 1. The van der Waals surface area contributed by atoms with Crippen LogP contribution in [0.5, 0.6) is 11.6 Å². The average Bonchev–Trinajstić information content (AvgIpc) is 3.38. The lowest BCUT2D eigenvalue weighted by Crippen LogP contribution is -2.08. The molecule has 0 saturated carbocycles. The van der Waals surface area contributed by atoms with E-state index < -0.39 is 6.17 Å². The van der Waals surface area contributed by atoms with Crippen LogP contribution in [0.15, 0.2) is 36.7 Å². The Bertz CT molecular complexity index is 989. The first-order chi connectivity index (χ1) is 14.0. The molecule has 2 aromatic heterocycles. The summed E-state index contributed by atoms with van der Waals surface area (Å²) in [5, 5.41) is 5.06. The maximum atomic E-state index is 13.7. The van der Waals surface area contributed by atoms with E-state index in [9.17, 15) is 4.39 Å². The Hall–Kier alpha value is -2.55. The van der Waals surface area contributed by atoms with Crippen molar-refractivity contribution in [2.75, 3.05) is 19.8 Å². The van der Waals surface area contributed by atoms with Crippen LogP contribution in [0, 0.1) is 0 Å². The van der Waals surface area contributed by atoms with Gasteiger partial charge in [-0.15, -0.1) is 0 Å². The Morgan fingerprint density at radius 1 is 1.34 bits per heavy atom. The first kappa shape index (κ1) is 19.8. The van der Waals surface area contributed by atoms with E-state index in [4.69, 9.17) is 26.8 Å². The van der Waals surface area contributed by atoms with Crippen LogP contribution >= 0.6 is 11.6 Å². The molecule has 9 heteroatoms. The van der Waals surface area contributed by atoms with Crippen LogP contribution in [0.3, 0.4) is 0 Å². The van der Waals surface area contributed by atoms with Crippen molar-refractivity contribution in [3.63, 3.8) is 0 Å². The van der Waals surface area contributed by atoms with Crippen molar-refractivity contribution in [2.45, 2.75) is 18.5 Å². The molecule has 2 atom stereocenters. The average molecular weight is 418 g/mol. The Labute approximate surface area is 172 Å². The Balaban J connectivity index is 1.64. The highest BCUT2D eigenvalue weighted by atomic mass is 35.5. The van der Waals surface area contributed by atoms with E-state index in [1.165, 1.54) is 12.4 Å². The van der Waals surface area contributed by atoms with Gasteiger partial charge in [-0.3, -0.25) is 0 Å². The summed E-state index contributed by atoms with van der Waals surface area (Å²) in [6.07, 6.45) is 2.51. The highest BCUT2D eigenvalue weighted by molar-refractivity contribution is 6.30. The number of hydrogen-bond acceptors (Lipinski definition) is 6. The number of aromatic nitrogens is 4. The number of nitrogens with zero attached hydrogens (tertiary/aromatic N) is 4. The Morgan fingerprint density at radius 3 is 2.83 bits per heavy atom. The highest BCUT2D eigenvalue weighted by Gasteiger charge is 2.23. The number of alkyl halides is 1. The molecule has 0 aliphatic carbocycles. The third kappa shape index (κ3) is 4.24. The number of hydrogen-bond donors (Lipinski definition) is 1. The van der Waals surface area contributed by atoms with Crippen molar-refractivity contribution >= 4 is 11.6 Å². The maximum absolute atomic E-state index is 13.7. The Kier molecular flexibility index (Phi) is 5.75. The quantitative estimate of drug-likeness (QED) is 0.656. The number of rotatable bonds is 6. The predicted molar refractivity (Wildman–Crippen MR) is 107 cm³/mol. The van der Waals surface area contributed by atoms with E-state index in [-0.39, 0.29) is 12.5 Å². The molecular formula is C20H21ClFN5O2. The van der Waals surface area contributed by atoms with Gasteiger partial charge in [0.05, 0.1) is 17.9 Å². The molecule has 7 nitrogen and oxygen atoms in total. The molecule has 152 valence electrons. The summed E-state index contributed by atoms with van der Waals surface area (Å²) in [4.78, 5) is 8.54. The van der Waals surface area contributed by atoms with Crippen LogP contribution in [-0.4, -0.2) is 39.5 Å². The van der Waals surface area contributed by atoms with Crippen molar-refractivity contribution in [1.82, 2.24) is 19.7 Å². The molecule has 3 aromatic rings. The molecule has 3 heterocycles. The summed E-state index contributed by atoms with van der Waals surface area (Å²) in [6.45, 7) is 1.29. The lowest BCUT2D eigenvalue weighted by Gasteiger charge is -2.11. The van der Waals surface area contributed by atoms with Gasteiger partial charge in [-0.1, -0.05) is 11.6 Å². The van der Waals surface area contributed by atoms with Gasteiger partial charge < -0.3 is 15.2 Å². The van der Waals surface area contributed by atoms with E-state index in [0.717, 1.165) is 18.7 Å². The minimum absolute atomic E-state index is 0.118. The fourth-order valence-corrected chi connectivity index (χ4v) is 3.35. The second-order valence-corrected chi connectivity index (χ2v) is 7.31. The lowest BCUT2D eigenvalue weighted by atomic mass is 10.1. The normalized spacial score (nSPS) is 17.4. The zero-order valence-electron chi connectivity index (χ0n) is 15.9. The fraction of sp³-hybridized carbons (Fsp3) is 0.350. The van der Waals surface area contributed by atoms with E-state index in [1.54, 1.807) is 22.9 Å². The maximum Gasteiger partial charge on any atom is 0.217 e. The molecule has 1 aliphatic heterocycles. The van der Waals surface area contributed by atoms with Crippen molar-refractivity contribution in [1.29, 1.82) is 0 Å². The van der Waals surface area contributed by atoms with Gasteiger partial charge in [-0.25, -0.2) is 19.0 Å². The van der Waals surface area contributed by atoms with E-state index in [2.05, 4.69) is 15.1 Å². The number of ether oxygens (including phenoxy) is 2. The third-order valence-corrected chi connectivity index (χ3v) is 5.08. The molecule has 1 saturated heterocycles. The zero-order valence-corrected chi connectivity index (χ0v) is 16.6. The van der Waals surface area contributed by atoms with Crippen LogP contribution in [0.1, 0.15) is 29.8 Å². The van der Waals surface area contributed by atoms with Crippen molar-refractivity contribution in [3.05, 3.63) is 52.9 Å². The molecule has 0 unspecified atom stereocenters. The third-order valence-electron chi connectivity index (χ3n) is 4.84. The SMILES string of the molecule is Cn1nc([C@H]2CCOC2)cc1Oc1cc(Cl)ccc1-c1ncc([C@H](F)CN)cn1. The van der Waals surface area contributed by atoms with Crippen LogP contribution in [0.4, 0.5) is 4.39 Å². The van der Waals surface area contributed by atoms with Crippen molar-refractivity contribution in [3.8, 4) is 23.0 Å². The molecule has 0 bridgehead atoms. The van der Waals surface area contributed by atoms with Gasteiger partial charge in [0.15, 0.2) is 5.82 Å². The molecular weight excluding hydrogens is 397 g/mol. The standard InChI is InChI=1S/C20H21ClFN5O2/c1-27-19(7-17(26-27)12-4-5-28-11-12)29-18-6-14(21)2-3-15(18)20-24-9-13(10-25-20)16(22)8-23/h2-3,6-7,9-10,12,16H,4-5,8,11,23H2,1H3/t12-,16+/m0/s1. The largest absolute Gasteiger partial charge is 0.438 e. The fourth-order valence-electron chi connectivity index (χ4n) is 3.19. The molecule has 29 heavy (non-hydrogen) atoms. The molecule has 2 N–H and O–H groups in total. The molecule has 1 aliphatic rings. The van der Waals surface area contributed by atoms with E-state index in [0.29, 0.717) is 40.2 Å². The monoisotopic (exact) mass is 417 g/mol. The van der Waals surface area contributed by atoms with E-state index in [1.807, 2.05) is 13.1 Å². The van der Waals surface area contributed by atoms with Gasteiger partial charge in [0, 0.05) is 61.2 Å². The topological polar surface area (TPSA) is 88.1 Å². The summed E-state index contributed by atoms with van der Waals surface area (Å²) in [6, 6.07) is 7.09. The predicted octanol–water partition coefficient (Wildman–Crippen LogP) is 3.80. The second-order valence-electron chi connectivity index (χ2n) is 6.88. The molecule has 0 amide bonds. The molecule has 1 fully saturated rings. The first-order valence-electron chi connectivity index (χ1n) is 9.30. The molecule has 4 rings (SSSR count). The zero-order chi connectivity index (χ0) is 20.4. The number of aryl methyl sites for hydroxylation is 1. The molecule has 0 radical (unpaired) electrons. The van der Waals surface area contributed by atoms with E-state index >= 15 is 0 Å². The molecule has 0 spiro atoms. The summed E-state index contributed by atoms with van der Waals surface area (Å²) in [5.74, 6) is 1.72. The number of benzene rings is 1. The summed E-state index contributed by atoms with van der Waals surface area (Å²) in [7, 11) is 1.82. The highest BCUT2D eigenvalue weighted by Crippen LogP contribution is 2.35. The first-order valence-corrected chi connectivity index (χ1v) is 9.68. The molecule has 1 aromatic carbocycles.